The van der Waals surface area contributed by atoms with Crippen LogP contribution >= 0.6 is 11.8 Å². The molecule has 2 aliphatic rings. The van der Waals surface area contributed by atoms with Gasteiger partial charge in [-0.15, -0.1) is 0 Å². The molecule has 0 amide bonds. The minimum absolute atomic E-state index is 0.187. The Bertz CT molecular complexity index is 404. The molecule has 0 aromatic carbocycles. The maximum Gasteiger partial charge on any atom is 0.227 e. The van der Waals surface area contributed by atoms with Crippen molar-refractivity contribution in [2.75, 3.05) is 5.75 Å². The summed E-state index contributed by atoms with van der Waals surface area (Å²) in [6.45, 7) is 0. The summed E-state index contributed by atoms with van der Waals surface area (Å²) in [5, 5.41) is 14.6. The Kier molecular flexibility index (Phi) is 4.43. The normalized spacial score (nSPS) is 32.4. The van der Waals surface area contributed by atoms with Crippen LogP contribution in [0.15, 0.2) is 4.52 Å². The van der Waals surface area contributed by atoms with E-state index < -0.39 is 0 Å². The molecule has 106 valence electrons. The van der Waals surface area contributed by atoms with Gasteiger partial charge in [0.1, 0.15) is 0 Å². The van der Waals surface area contributed by atoms with Crippen molar-refractivity contribution >= 4 is 11.8 Å². The maximum absolute atomic E-state index is 9.99. The van der Waals surface area contributed by atoms with Crippen LogP contribution in [0.1, 0.15) is 61.9 Å². The highest BCUT2D eigenvalue weighted by atomic mass is 32.2. The van der Waals surface area contributed by atoms with Crippen molar-refractivity contribution in [2.45, 2.75) is 62.7 Å². The fourth-order valence-corrected chi connectivity index (χ4v) is 4.31. The molecule has 0 radical (unpaired) electrons. The SMILES string of the molecule is OC1CCCCC1Cc1nc(C2CCCCS2)no1. The summed E-state index contributed by atoms with van der Waals surface area (Å²) in [6, 6.07) is 0. The van der Waals surface area contributed by atoms with E-state index in [2.05, 4.69) is 10.1 Å². The maximum atomic E-state index is 9.99. The summed E-state index contributed by atoms with van der Waals surface area (Å²) >= 11 is 1.94. The number of aliphatic hydroxyl groups excluding tert-OH is 1. The average molecular weight is 282 g/mol. The van der Waals surface area contributed by atoms with E-state index in [4.69, 9.17) is 4.52 Å². The molecule has 2 heterocycles. The predicted octanol–water partition coefficient (Wildman–Crippen LogP) is 3.12. The molecular formula is C14H22N2O2S. The van der Waals surface area contributed by atoms with E-state index in [1.54, 1.807) is 0 Å². The highest BCUT2D eigenvalue weighted by molar-refractivity contribution is 7.99. The Labute approximate surface area is 118 Å². The molecule has 1 aromatic rings. The zero-order chi connectivity index (χ0) is 13.1. The van der Waals surface area contributed by atoms with E-state index in [9.17, 15) is 5.11 Å². The second kappa shape index (κ2) is 6.27. The minimum atomic E-state index is -0.187. The highest BCUT2D eigenvalue weighted by Gasteiger charge is 2.27. The van der Waals surface area contributed by atoms with Crippen LogP contribution in [-0.2, 0) is 6.42 Å². The molecule has 3 atom stereocenters. The number of rotatable bonds is 3. The van der Waals surface area contributed by atoms with E-state index in [-0.39, 0.29) is 6.10 Å². The fourth-order valence-electron chi connectivity index (χ4n) is 3.08. The second-order valence-electron chi connectivity index (χ2n) is 5.72. The van der Waals surface area contributed by atoms with Crippen LogP contribution in [0.2, 0.25) is 0 Å². The summed E-state index contributed by atoms with van der Waals surface area (Å²) in [5.74, 6) is 3.09. The lowest BCUT2D eigenvalue weighted by Crippen LogP contribution is -2.26. The van der Waals surface area contributed by atoms with E-state index in [1.807, 2.05) is 11.8 Å². The molecule has 19 heavy (non-hydrogen) atoms. The van der Waals surface area contributed by atoms with Crippen molar-refractivity contribution in [3.8, 4) is 0 Å². The monoisotopic (exact) mass is 282 g/mol. The Morgan fingerprint density at radius 1 is 1.16 bits per heavy atom. The van der Waals surface area contributed by atoms with Crippen molar-refractivity contribution in [3.63, 3.8) is 0 Å². The van der Waals surface area contributed by atoms with Gasteiger partial charge in [0.05, 0.1) is 11.4 Å². The Balaban J connectivity index is 1.60. The molecule has 1 aliphatic carbocycles. The third kappa shape index (κ3) is 3.31. The molecule has 1 saturated heterocycles. The van der Waals surface area contributed by atoms with Crippen LogP contribution in [0.5, 0.6) is 0 Å². The molecule has 4 nitrogen and oxygen atoms in total. The molecule has 1 N–H and O–H groups in total. The zero-order valence-corrected chi connectivity index (χ0v) is 12.1. The van der Waals surface area contributed by atoms with Crippen LogP contribution < -0.4 is 0 Å². The van der Waals surface area contributed by atoms with Crippen LogP contribution in [0.3, 0.4) is 0 Å². The van der Waals surface area contributed by atoms with Crippen molar-refractivity contribution in [3.05, 3.63) is 11.7 Å². The average Bonchev–Trinajstić information content (AvgIpc) is 2.91. The van der Waals surface area contributed by atoms with Gasteiger partial charge in [0, 0.05) is 6.42 Å². The van der Waals surface area contributed by atoms with Gasteiger partial charge in [-0.25, -0.2) is 0 Å². The minimum Gasteiger partial charge on any atom is -0.393 e. The first-order valence-electron chi connectivity index (χ1n) is 7.45. The molecule has 2 fully saturated rings. The van der Waals surface area contributed by atoms with Crippen LogP contribution in [0.4, 0.5) is 0 Å². The van der Waals surface area contributed by atoms with Crippen molar-refractivity contribution < 1.29 is 9.63 Å². The van der Waals surface area contributed by atoms with Crippen molar-refractivity contribution in [1.29, 1.82) is 0 Å². The predicted molar refractivity (Wildman–Crippen MR) is 75.0 cm³/mol. The standard InChI is InChI=1S/C14H22N2O2S/c17-11-6-2-1-5-10(11)9-13-15-14(16-18-13)12-7-3-4-8-19-12/h10-12,17H,1-9H2. The van der Waals surface area contributed by atoms with Gasteiger partial charge in [-0.05, 0) is 37.4 Å². The first-order valence-corrected chi connectivity index (χ1v) is 8.50. The van der Waals surface area contributed by atoms with Gasteiger partial charge in [-0.1, -0.05) is 24.4 Å². The lowest BCUT2D eigenvalue weighted by Gasteiger charge is -2.26. The third-order valence-electron chi connectivity index (χ3n) is 4.26. The summed E-state index contributed by atoms with van der Waals surface area (Å²) in [5.41, 5.74) is 0. The summed E-state index contributed by atoms with van der Waals surface area (Å²) in [6.07, 6.45) is 8.64. The zero-order valence-electron chi connectivity index (χ0n) is 11.3. The largest absolute Gasteiger partial charge is 0.393 e. The molecule has 0 bridgehead atoms. The lowest BCUT2D eigenvalue weighted by atomic mass is 9.84. The molecule has 5 heteroatoms. The molecule has 1 aromatic heterocycles. The summed E-state index contributed by atoms with van der Waals surface area (Å²) < 4.78 is 5.38. The van der Waals surface area contributed by atoms with Gasteiger partial charge >= 0.3 is 0 Å². The van der Waals surface area contributed by atoms with Gasteiger partial charge in [0.15, 0.2) is 5.82 Å². The lowest BCUT2D eigenvalue weighted by molar-refractivity contribution is 0.0657. The number of thioether (sulfide) groups is 1. The first-order chi connectivity index (χ1) is 9.33. The molecule has 1 saturated carbocycles. The topological polar surface area (TPSA) is 59.2 Å². The quantitative estimate of drug-likeness (QED) is 0.923. The number of aliphatic hydroxyl groups is 1. The third-order valence-corrected chi connectivity index (χ3v) is 5.63. The van der Waals surface area contributed by atoms with Crippen molar-refractivity contribution in [2.24, 2.45) is 5.92 Å². The molecular weight excluding hydrogens is 260 g/mol. The number of aromatic nitrogens is 2. The summed E-state index contributed by atoms with van der Waals surface area (Å²) in [4.78, 5) is 4.55. The molecule has 0 spiro atoms. The van der Waals surface area contributed by atoms with Crippen LogP contribution in [-0.4, -0.2) is 27.1 Å². The first kappa shape index (κ1) is 13.4. The van der Waals surface area contributed by atoms with Gasteiger partial charge in [-0.2, -0.15) is 16.7 Å². The highest BCUT2D eigenvalue weighted by Crippen LogP contribution is 2.37. The fraction of sp³-hybridized carbons (Fsp3) is 0.857. The summed E-state index contributed by atoms with van der Waals surface area (Å²) in [7, 11) is 0. The van der Waals surface area contributed by atoms with Gasteiger partial charge in [0.2, 0.25) is 5.89 Å². The molecule has 1 aliphatic heterocycles. The van der Waals surface area contributed by atoms with Crippen LogP contribution in [0.25, 0.3) is 0 Å². The van der Waals surface area contributed by atoms with Crippen LogP contribution in [0, 0.1) is 5.92 Å². The van der Waals surface area contributed by atoms with E-state index >= 15 is 0 Å². The van der Waals surface area contributed by atoms with Gasteiger partial charge in [0.25, 0.3) is 0 Å². The Hall–Kier alpha value is -0.550. The number of nitrogens with zero attached hydrogens (tertiary/aromatic N) is 2. The smallest absolute Gasteiger partial charge is 0.227 e. The van der Waals surface area contributed by atoms with Gasteiger partial charge in [-0.3, -0.25) is 0 Å². The van der Waals surface area contributed by atoms with Crippen molar-refractivity contribution in [1.82, 2.24) is 10.1 Å². The molecule has 3 rings (SSSR count). The Morgan fingerprint density at radius 2 is 2.00 bits per heavy atom. The number of hydrogen-bond donors (Lipinski definition) is 1. The number of hydrogen-bond acceptors (Lipinski definition) is 5. The van der Waals surface area contributed by atoms with Gasteiger partial charge < -0.3 is 9.63 Å². The second-order valence-corrected chi connectivity index (χ2v) is 7.03. The van der Waals surface area contributed by atoms with E-state index in [1.165, 1.54) is 25.0 Å². The van der Waals surface area contributed by atoms with E-state index in [0.717, 1.165) is 37.9 Å². The molecule has 3 unspecified atom stereocenters. The van der Waals surface area contributed by atoms with E-state index in [0.29, 0.717) is 17.1 Å². The Morgan fingerprint density at radius 3 is 2.79 bits per heavy atom.